The van der Waals surface area contributed by atoms with Crippen LogP contribution in [-0.2, 0) is 4.79 Å². The molecule has 0 aromatic carbocycles. The summed E-state index contributed by atoms with van der Waals surface area (Å²) in [6.07, 6.45) is 14.3. The lowest BCUT2D eigenvalue weighted by Gasteiger charge is -2.48. The van der Waals surface area contributed by atoms with Crippen LogP contribution in [0.3, 0.4) is 0 Å². The van der Waals surface area contributed by atoms with Crippen LogP contribution in [-0.4, -0.2) is 5.78 Å². The molecular weight excluding hydrogens is 184 g/mol. The lowest BCUT2D eigenvalue weighted by molar-refractivity contribution is -0.140. The van der Waals surface area contributed by atoms with Crippen LogP contribution in [0.4, 0.5) is 0 Å². The lowest BCUT2D eigenvalue weighted by atomic mass is 9.54. The van der Waals surface area contributed by atoms with Crippen molar-refractivity contribution < 1.29 is 4.79 Å². The zero-order valence-electron chi connectivity index (χ0n) is 9.80. The Balaban J connectivity index is 1.86. The highest BCUT2D eigenvalue weighted by atomic mass is 16.1. The van der Waals surface area contributed by atoms with Gasteiger partial charge in [0.05, 0.1) is 0 Å². The molecule has 2 unspecified atom stereocenters. The number of fused-ring (bicyclic) bond motifs is 1. The van der Waals surface area contributed by atoms with Crippen molar-refractivity contribution in [3.8, 4) is 0 Å². The van der Waals surface area contributed by atoms with Crippen LogP contribution >= 0.6 is 0 Å². The van der Waals surface area contributed by atoms with Crippen molar-refractivity contribution in [3.63, 3.8) is 0 Å². The molecule has 1 fully saturated rings. The van der Waals surface area contributed by atoms with Gasteiger partial charge >= 0.3 is 0 Å². The quantitative estimate of drug-likeness (QED) is 0.493. The summed E-state index contributed by atoms with van der Waals surface area (Å²) >= 11 is 0. The van der Waals surface area contributed by atoms with E-state index in [0.29, 0.717) is 17.1 Å². The zero-order valence-corrected chi connectivity index (χ0v) is 9.80. The van der Waals surface area contributed by atoms with Crippen molar-refractivity contribution in [2.24, 2.45) is 11.3 Å². The van der Waals surface area contributed by atoms with Gasteiger partial charge in [-0.3, -0.25) is 4.79 Å². The third-order valence-corrected chi connectivity index (χ3v) is 4.15. The van der Waals surface area contributed by atoms with E-state index in [0.717, 1.165) is 19.3 Å². The van der Waals surface area contributed by atoms with Crippen LogP contribution in [0.5, 0.6) is 0 Å². The molecule has 0 amide bonds. The molecule has 0 heterocycles. The Morgan fingerprint density at radius 1 is 1.40 bits per heavy atom. The van der Waals surface area contributed by atoms with Gasteiger partial charge in [0.15, 0.2) is 0 Å². The summed E-state index contributed by atoms with van der Waals surface area (Å²) in [4.78, 5) is 11.5. The maximum absolute atomic E-state index is 11.5. The van der Waals surface area contributed by atoms with Crippen LogP contribution in [0.15, 0.2) is 12.2 Å². The molecule has 0 radical (unpaired) electrons. The molecule has 2 rings (SSSR count). The zero-order chi connectivity index (χ0) is 10.7. The first-order chi connectivity index (χ1) is 7.28. The summed E-state index contributed by atoms with van der Waals surface area (Å²) in [6, 6.07) is 0. The molecule has 1 nitrogen and oxygen atoms in total. The number of rotatable bonds is 5. The molecule has 0 N–H and O–H groups in total. The van der Waals surface area contributed by atoms with E-state index in [1.165, 1.54) is 32.1 Å². The highest BCUT2D eigenvalue weighted by Gasteiger charge is 2.51. The van der Waals surface area contributed by atoms with Crippen molar-refractivity contribution >= 4 is 5.78 Å². The number of Topliss-reactive ketones (excluding diaryl/α,β-unsaturated/α-hetero) is 1. The van der Waals surface area contributed by atoms with Gasteiger partial charge in [0.1, 0.15) is 5.78 Å². The summed E-state index contributed by atoms with van der Waals surface area (Å²) in [7, 11) is 0. The fourth-order valence-electron chi connectivity index (χ4n) is 3.19. The molecule has 2 aliphatic rings. The molecule has 2 atom stereocenters. The van der Waals surface area contributed by atoms with Crippen LogP contribution in [0.25, 0.3) is 0 Å². The average Bonchev–Trinajstić information content (AvgIpc) is 2.23. The molecule has 0 aliphatic heterocycles. The Kier molecular flexibility index (Phi) is 3.28. The van der Waals surface area contributed by atoms with E-state index in [9.17, 15) is 4.79 Å². The van der Waals surface area contributed by atoms with Crippen molar-refractivity contribution in [1.82, 2.24) is 0 Å². The number of unbranched alkanes of at least 4 members (excludes halogenated alkanes) is 3. The lowest BCUT2D eigenvalue weighted by Crippen LogP contribution is -2.48. The minimum Gasteiger partial charge on any atom is -0.299 e. The van der Waals surface area contributed by atoms with E-state index in [-0.39, 0.29) is 0 Å². The molecular formula is C14H22O. The van der Waals surface area contributed by atoms with Gasteiger partial charge in [-0.05, 0) is 19.3 Å². The normalized spacial score (nSPS) is 33.7. The van der Waals surface area contributed by atoms with Crippen LogP contribution in [0, 0.1) is 11.3 Å². The minimum atomic E-state index is 0.309. The van der Waals surface area contributed by atoms with Crippen LogP contribution < -0.4 is 0 Å². The van der Waals surface area contributed by atoms with E-state index < -0.39 is 0 Å². The molecule has 0 aromatic heterocycles. The largest absolute Gasteiger partial charge is 0.299 e. The maximum atomic E-state index is 11.5. The first-order valence-corrected chi connectivity index (χ1v) is 6.49. The second kappa shape index (κ2) is 4.51. The van der Waals surface area contributed by atoms with Gasteiger partial charge in [-0.2, -0.15) is 0 Å². The topological polar surface area (TPSA) is 17.1 Å². The molecule has 0 saturated heterocycles. The summed E-state index contributed by atoms with van der Waals surface area (Å²) in [6.45, 7) is 2.24. The maximum Gasteiger partial charge on any atom is 0.137 e. The number of hydrogen-bond acceptors (Lipinski definition) is 1. The Hall–Kier alpha value is -0.590. The highest BCUT2D eigenvalue weighted by Crippen LogP contribution is 2.53. The van der Waals surface area contributed by atoms with E-state index >= 15 is 0 Å². The summed E-state index contributed by atoms with van der Waals surface area (Å²) in [5.74, 6) is 0.916. The van der Waals surface area contributed by atoms with E-state index in [4.69, 9.17) is 0 Å². The van der Waals surface area contributed by atoms with Gasteiger partial charge in [0.25, 0.3) is 0 Å². The average molecular weight is 206 g/mol. The third kappa shape index (κ3) is 2.02. The van der Waals surface area contributed by atoms with Gasteiger partial charge in [-0.25, -0.2) is 0 Å². The number of allylic oxidation sites excluding steroid dienone is 2. The summed E-state index contributed by atoms with van der Waals surface area (Å²) < 4.78 is 0. The van der Waals surface area contributed by atoms with E-state index in [1.807, 2.05) is 0 Å². The second-order valence-corrected chi connectivity index (χ2v) is 5.22. The molecule has 0 bridgehead atoms. The summed E-state index contributed by atoms with van der Waals surface area (Å²) in [5, 5.41) is 0. The first-order valence-electron chi connectivity index (χ1n) is 6.49. The van der Waals surface area contributed by atoms with Crippen molar-refractivity contribution in [2.75, 3.05) is 0 Å². The molecule has 2 aliphatic carbocycles. The van der Waals surface area contributed by atoms with Crippen molar-refractivity contribution in [1.29, 1.82) is 0 Å². The van der Waals surface area contributed by atoms with Gasteiger partial charge in [-0.15, -0.1) is 0 Å². The molecule has 84 valence electrons. The SMILES string of the molecule is CCCCCCC12C=CCCC1C(=O)C2. The molecule has 1 saturated carbocycles. The Morgan fingerprint density at radius 2 is 2.27 bits per heavy atom. The Bertz CT molecular complexity index is 267. The van der Waals surface area contributed by atoms with Gasteiger partial charge in [-0.1, -0.05) is 44.8 Å². The van der Waals surface area contributed by atoms with E-state index in [1.54, 1.807) is 0 Å². The Morgan fingerprint density at radius 3 is 3.00 bits per heavy atom. The van der Waals surface area contributed by atoms with Gasteiger partial charge in [0.2, 0.25) is 0 Å². The predicted octanol–water partition coefficient (Wildman–Crippen LogP) is 3.88. The third-order valence-electron chi connectivity index (χ3n) is 4.15. The molecule has 0 spiro atoms. The standard InChI is InChI=1S/C14H22O/c1-2-3-4-6-9-14-10-7-5-8-12(14)13(15)11-14/h7,10,12H,2-6,8-9,11H2,1H3. The fourth-order valence-corrected chi connectivity index (χ4v) is 3.19. The van der Waals surface area contributed by atoms with Crippen LogP contribution in [0.1, 0.15) is 58.3 Å². The van der Waals surface area contributed by atoms with Crippen LogP contribution in [0.2, 0.25) is 0 Å². The number of ketones is 1. The number of carbonyl (C=O) groups is 1. The highest BCUT2D eigenvalue weighted by molar-refractivity contribution is 5.90. The molecule has 1 heteroatoms. The molecule has 0 aromatic rings. The molecule has 15 heavy (non-hydrogen) atoms. The monoisotopic (exact) mass is 206 g/mol. The Labute approximate surface area is 92.9 Å². The summed E-state index contributed by atoms with van der Waals surface area (Å²) in [5.41, 5.74) is 0.309. The first kappa shape index (κ1) is 10.9. The number of carbonyl (C=O) groups excluding carboxylic acids is 1. The van der Waals surface area contributed by atoms with Gasteiger partial charge < -0.3 is 0 Å². The van der Waals surface area contributed by atoms with E-state index in [2.05, 4.69) is 19.1 Å². The fraction of sp³-hybridized carbons (Fsp3) is 0.786. The predicted molar refractivity (Wildman–Crippen MR) is 62.7 cm³/mol. The second-order valence-electron chi connectivity index (χ2n) is 5.22. The number of hydrogen-bond donors (Lipinski definition) is 0. The van der Waals surface area contributed by atoms with Crippen molar-refractivity contribution in [2.45, 2.75) is 58.3 Å². The van der Waals surface area contributed by atoms with Gasteiger partial charge in [0, 0.05) is 17.8 Å². The minimum absolute atomic E-state index is 0.309. The van der Waals surface area contributed by atoms with Crippen molar-refractivity contribution in [3.05, 3.63) is 12.2 Å². The smallest absolute Gasteiger partial charge is 0.137 e.